The maximum Gasteiger partial charge on any atom is 0.243 e. The summed E-state index contributed by atoms with van der Waals surface area (Å²) in [4.78, 5) is 12.6. The van der Waals surface area contributed by atoms with Crippen LogP contribution in [0.15, 0.2) is 6.33 Å². The fourth-order valence-corrected chi connectivity index (χ4v) is 1.47. The van der Waals surface area contributed by atoms with Crippen LogP contribution in [0.5, 0.6) is 0 Å². The topological polar surface area (TPSA) is 81.9 Å². The largest absolute Gasteiger partial charge is 0.380 e. The lowest BCUT2D eigenvalue weighted by molar-refractivity contribution is -0.122. The van der Waals surface area contributed by atoms with Gasteiger partial charge in [-0.2, -0.15) is 4.80 Å². The molecule has 0 aliphatic heterocycles. The van der Waals surface area contributed by atoms with Gasteiger partial charge in [0.1, 0.15) is 6.54 Å². The van der Waals surface area contributed by atoms with E-state index < -0.39 is 0 Å². The molecular weight excluding hydrogens is 222 g/mol. The van der Waals surface area contributed by atoms with Crippen molar-refractivity contribution in [2.75, 3.05) is 19.8 Å². The number of nitrogens with one attached hydrogen (secondary N) is 1. The number of ether oxygens (including phenoxy) is 1. The van der Waals surface area contributed by atoms with E-state index in [1.54, 1.807) is 0 Å². The molecule has 1 aromatic heterocycles. The molecule has 7 nitrogen and oxygen atoms in total. The van der Waals surface area contributed by atoms with E-state index in [0.29, 0.717) is 13.2 Å². The van der Waals surface area contributed by atoms with Crippen molar-refractivity contribution in [3.05, 3.63) is 6.33 Å². The molecule has 0 atom stereocenters. The Kier molecular flexibility index (Phi) is 4.43. The quantitative estimate of drug-likeness (QED) is 0.624. The SMILES string of the molecule is O=C(Cn1ncnn1)NCCOCCC1CC1. The molecular formula is C10H17N5O2. The minimum atomic E-state index is -0.131. The lowest BCUT2D eigenvalue weighted by Gasteiger charge is -2.05. The Labute approximate surface area is 99.5 Å². The Bertz CT molecular complexity index is 336. The van der Waals surface area contributed by atoms with Crippen LogP contribution < -0.4 is 5.32 Å². The van der Waals surface area contributed by atoms with E-state index in [1.165, 1.54) is 24.0 Å². The maximum atomic E-state index is 11.4. The van der Waals surface area contributed by atoms with Gasteiger partial charge in [-0.05, 0) is 17.6 Å². The molecule has 0 saturated heterocycles. The number of aromatic nitrogens is 4. The molecule has 17 heavy (non-hydrogen) atoms. The minimum Gasteiger partial charge on any atom is -0.380 e. The molecule has 1 aliphatic carbocycles. The van der Waals surface area contributed by atoms with Crippen molar-refractivity contribution in [3.8, 4) is 0 Å². The highest BCUT2D eigenvalue weighted by molar-refractivity contribution is 5.75. The van der Waals surface area contributed by atoms with E-state index >= 15 is 0 Å². The van der Waals surface area contributed by atoms with Crippen LogP contribution in [0.2, 0.25) is 0 Å². The number of rotatable bonds is 8. The van der Waals surface area contributed by atoms with Crippen LogP contribution in [-0.2, 0) is 16.1 Å². The normalized spacial score (nSPS) is 14.8. The summed E-state index contributed by atoms with van der Waals surface area (Å²) in [5.74, 6) is 0.761. The van der Waals surface area contributed by atoms with Crippen molar-refractivity contribution in [3.63, 3.8) is 0 Å². The molecule has 0 spiro atoms. The van der Waals surface area contributed by atoms with Gasteiger partial charge >= 0.3 is 0 Å². The van der Waals surface area contributed by atoms with E-state index in [9.17, 15) is 4.79 Å². The first-order valence-corrected chi connectivity index (χ1v) is 5.90. The average Bonchev–Trinajstić information content (AvgIpc) is 3.00. The first-order chi connectivity index (χ1) is 8.34. The van der Waals surface area contributed by atoms with Crippen LogP contribution in [0.25, 0.3) is 0 Å². The zero-order valence-electron chi connectivity index (χ0n) is 9.71. The highest BCUT2D eigenvalue weighted by atomic mass is 16.5. The number of nitrogens with zero attached hydrogens (tertiary/aromatic N) is 4. The second-order valence-electron chi connectivity index (χ2n) is 4.16. The Morgan fingerprint density at radius 3 is 3.06 bits per heavy atom. The molecule has 1 aromatic rings. The molecule has 7 heteroatoms. The number of carbonyl (C=O) groups excluding carboxylic acids is 1. The highest BCUT2D eigenvalue weighted by Gasteiger charge is 2.20. The molecule has 0 bridgehead atoms. The summed E-state index contributed by atoms with van der Waals surface area (Å²) in [6.07, 6.45) is 5.15. The molecule has 0 unspecified atom stereocenters. The molecule has 2 rings (SSSR count). The number of hydrogen-bond acceptors (Lipinski definition) is 5. The Morgan fingerprint density at radius 1 is 1.47 bits per heavy atom. The van der Waals surface area contributed by atoms with Crippen LogP contribution in [0, 0.1) is 5.92 Å². The van der Waals surface area contributed by atoms with Crippen molar-refractivity contribution in [1.82, 2.24) is 25.5 Å². The summed E-state index contributed by atoms with van der Waals surface area (Å²) in [5, 5.41) is 13.6. The zero-order chi connectivity index (χ0) is 11.9. The molecule has 1 heterocycles. The third-order valence-electron chi connectivity index (χ3n) is 2.61. The van der Waals surface area contributed by atoms with Crippen LogP contribution in [0.1, 0.15) is 19.3 Å². The van der Waals surface area contributed by atoms with Crippen LogP contribution >= 0.6 is 0 Å². The molecule has 1 aliphatic rings. The summed E-state index contributed by atoms with van der Waals surface area (Å²) in [6.45, 7) is 1.98. The summed E-state index contributed by atoms with van der Waals surface area (Å²) in [7, 11) is 0. The van der Waals surface area contributed by atoms with Crippen LogP contribution in [-0.4, -0.2) is 45.9 Å². The lowest BCUT2D eigenvalue weighted by atomic mass is 10.3. The average molecular weight is 239 g/mol. The van der Waals surface area contributed by atoms with Gasteiger partial charge in [-0.15, -0.1) is 10.2 Å². The van der Waals surface area contributed by atoms with Crippen molar-refractivity contribution in [2.24, 2.45) is 5.92 Å². The Morgan fingerprint density at radius 2 is 2.35 bits per heavy atom. The van der Waals surface area contributed by atoms with E-state index in [2.05, 4.69) is 20.7 Å². The molecule has 1 saturated carbocycles. The number of tetrazole rings is 1. The predicted octanol–water partition coefficient (Wildman–Crippen LogP) is -0.394. The van der Waals surface area contributed by atoms with Crippen molar-refractivity contribution in [2.45, 2.75) is 25.8 Å². The predicted molar refractivity (Wildman–Crippen MR) is 59.0 cm³/mol. The third-order valence-corrected chi connectivity index (χ3v) is 2.61. The van der Waals surface area contributed by atoms with Crippen molar-refractivity contribution in [1.29, 1.82) is 0 Å². The first-order valence-electron chi connectivity index (χ1n) is 5.90. The van der Waals surface area contributed by atoms with Gasteiger partial charge in [-0.1, -0.05) is 12.8 Å². The van der Waals surface area contributed by atoms with Gasteiger partial charge in [0, 0.05) is 13.2 Å². The van der Waals surface area contributed by atoms with Gasteiger partial charge in [-0.25, -0.2) is 0 Å². The van der Waals surface area contributed by atoms with Crippen LogP contribution in [0.3, 0.4) is 0 Å². The molecule has 1 N–H and O–H groups in total. The van der Waals surface area contributed by atoms with E-state index in [0.717, 1.165) is 18.9 Å². The zero-order valence-corrected chi connectivity index (χ0v) is 9.71. The second-order valence-corrected chi connectivity index (χ2v) is 4.16. The minimum absolute atomic E-state index is 0.0993. The van der Waals surface area contributed by atoms with E-state index in [-0.39, 0.29) is 12.5 Å². The lowest BCUT2D eigenvalue weighted by Crippen LogP contribution is -2.31. The summed E-state index contributed by atoms with van der Waals surface area (Å²) >= 11 is 0. The first kappa shape index (κ1) is 12.0. The summed E-state index contributed by atoms with van der Waals surface area (Å²) in [5.41, 5.74) is 0. The molecule has 0 aromatic carbocycles. The second kappa shape index (κ2) is 6.29. The van der Waals surface area contributed by atoms with Gasteiger partial charge in [0.2, 0.25) is 5.91 Å². The molecule has 1 amide bonds. The van der Waals surface area contributed by atoms with Gasteiger partial charge in [-0.3, -0.25) is 4.79 Å². The molecule has 94 valence electrons. The third kappa shape index (κ3) is 4.90. The Hall–Kier alpha value is -1.50. The number of carbonyl (C=O) groups is 1. The monoisotopic (exact) mass is 239 g/mol. The van der Waals surface area contributed by atoms with Crippen molar-refractivity contribution >= 4 is 5.91 Å². The summed E-state index contributed by atoms with van der Waals surface area (Å²) in [6, 6.07) is 0. The van der Waals surface area contributed by atoms with Gasteiger partial charge in [0.25, 0.3) is 0 Å². The van der Waals surface area contributed by atoms with Gasteiger partial charge < -0.3 is 10.1 Å². The standard InChI is InChI=1S/C10H17N5O2/c16-10(7-15-13-8-12-14-15)11-4-6-17-5-3-9-1-2-9/h8-9H,1-7H2,(H,11,16). The Balaban J connectivity index is 1.45. The summed E-state index contributed by atoms with van der Waals surface area (Å²) < 4.78 is 5.40. The van der Waals surface area contributed by atoms with Crippen molar-refractivity contribution < 1.29 is 9.53 Å². The fourth-order valence-electron chi connectivity index (χ4n) is 1.47. The number of hydrogen-bond donors (Lipinski definition) is 1. The number of amides is 1. The highest BCUT2D eigenvalue weighted by Crippen LogP contribution is 2.31. The molecule has 1 fully saturated rings. The van der Waals surface area contributed by atoms with E-state index in [4.69, 9.17) is 4.74 Å². The van der Waals surface area contributed by atoms with Crippen LogP contribution in [0.4, 0.5) is 0 Å². The van der Waals surface area contributed by atoms with Gasteiger partial charge in [0.05, 0.1) is 6.61 Å². The fraction of sp³-hybridized carbons (Fsp3) is 0.800. The molecule has 0 radical (unpaired) electrons. The van der Waals surface area contributed by atoms with E-state index in [1.807, 2.05) is 0 Å². The van der Waals surface area contributed by atoms with Gasteiger partial charge in [0.15, 0.2) is 6.33 Å². The maximum absolute atomic E-state index is 11.4. The smallest absolute Gasteiger partial charge is 0.243 e.